The fourth-order valence-electron chi connectivity index (χ4n) is 1.21. The third-order valence-electron chi connectivity index (χ3n) is 2.03. The van der Waals surface area contributed by atoms with Crippen molar-refractivity contribution >= 4 is 17.5 Å². The predicted octanol–water partition coefficient (Wildman–Crippen LogP) is 2.35. The first-order chi connectivity index (χ1) is 8.79. The summed E-state index contributed by atoms with van der Waals surface area (Å²) in [5.74, 6) is -0.506. The minimum absolute atomic E-state index is 0.0425. The van der Waals surface area contributed by atoms with Gasteiger partial charge >= 0.3 is 6.18 Å². The van der Waals surface area contributed by atoms with Crippen LogP contribution in [0.2, 0.25) is 5.02 Å². The molecule has 8 heteroatoms. The molecule has 0 spiro atoms. The Hall–Kier alpha value is -1.34. The van der Waals surface area contributed by atoms with E-state index in [9.17, 15) is 18.0 Å². The quantitative estimate of drug-likeness (QED) is 0.849. The second-order valence-electron chi connectivity index (χ2n) is 3.73. The molecule has 1 amide bonds. The Morgan fingerprint density at radius 2 is 2.21 bits per heavy atom. The van der Waals surface area contributed by atoms with Crippen molar-refractivity contribution in [1.29, 1.82) is 0 Å². The largest absolute Gasteiger partial charge is 0.411 e. The molecule has 0 radical (unpaired) electrons. The summed E-state index contributed by atoms with van der Waals surface area (Å²) in [5, 5.41) is 2.63. The van der Waals surface area contributed by atoms with E-state index in [0.29, 0.717) is 5.69 Å². The van der Waals surface area contributed by atoms with Crippen molar-refractivity contribution < 1.29 is 22.7 Å². The third-order valence-corrected chi connectivity index (χ3v) is 2.35. The average molecular weight is 297 g/mol. The first kappa shape index (κ1) is 15.7. The highest BCUT2D eigenvalue weighted by Gasteiger charge is 2.27. The van der Waals surface area contributed by atoms with Gasteiger partial charge in [0, 0.05) is 18.4 Å². The number of aromatic nitrogens is 1. The van der Waals surface area contributed by atoms with E-state index in [-0.39, 0.29) is 23.7 Å². The SMILES string of the molecule is Cc1cc(Cl)c(C(=O)NCCOCC(F)(F)F)cn1. The van der Waals surface area contributed by atoms with Crippen molar-refractivity contribution in [2.24, 2.45) is 0 Å². The molecule has 0 unspecified atom stereocenters. The summed E-state index contributed by atoms with van der Waals surface area (Å²) < 4.78 is 39.6. The minimum atomic E-state index is -4.37. The molecule has 1 heterocycles. The zero-order valence-electron chi connectivity index (χ0n) is 10.1. The highest BCUT2D eigenvalue weighted by atomic mass is 35.5. The number of nitrogens with zero attached hydrogens (tertiary/aromatic N) is 1. The maximum atomic E-state index is 11.8. The van der Waals surface area contributed by atoms with Crippen molar-refractivity contribution in [3.63, 3.8) is 0 Å². The molecule has 106 valence electrons. The molecule has 1 N–H and O–H groups in total. The van der Waals surface area contributed by atoms with Crippen molar-refractivity contribution in [1.82, 2.24) is 10.3 Å². The van der Waals surface area contributed by atoms with Crippen molar-refractivity contribution in [2.75, 3.05) is 19.8 Å². The molecule has 0 fully saturated rings. The fraction of sp³-hybridized carbons (Fsp3) is 0.455. The van der Waals surface area contributed by atoms with E-state index in [4.69, 9.17) is 11.6 Å². The van der Waals surface area contributed by atoms with E-state index >= 15 is 0 Å². The lowest BCUT2D eigenvalue weighted by Gasteiger charge is -2.09. The van der Waals surface area contributed by atoms with Gasteiger partial charge in [0.25, 0.3) is 5.91 Å². The average Bonchev–Trinajstić information content (AvgIpc) is 2.26. The summed E-state index contributed by atoms with van der Waals surface area (Å²) in [4.78, 5) is 15.5. The van der Waals surface area contributed by atoms with E-state index in [0.717, 1.165) is 0 Å². The number of rotatable bonds is 5. The van der Waals surface area contributed by atoms with Crippen LogP contribution in [0.15, 0.2) is 12.3 Å². The van der Waals surface area contributed by atoms with Gasteiger partial charge in [0.2, 0.25) is 0 Å². The van der Waals surface area contributed by atoms with Crippen LogP contribution in [0.3, 0.4) is 0 Å². The molecule has 0 atom stereocenters. The Morgan fingerprint density at radius 1 is 1.53 bits per heavy atom. The number of carbonyl (C=O) groups excluding carboxylic acids is 1. The van der Waals surface area contributed by atoms with Gasteiger partial charge in [-0.15, -0.1) is 0 Å². The van der Waals surface area contributed by atoms with Crippen molar-refractivity contribution in [3.8, 4) is 0 Å². The van der Waals surface area contributed by atoms with Gasteiger partial charge in [0.1, 0.15) is 6.61 Å². The van der Waals surface area contributed by atoms with Gasteiger partial charge in [-0.25, -0.2) is 0 Å². The van der Waals surface area contributed by atoms with Gasteiger partial charge in [0.05, 0.1) is 17.2 Å². The second kappa shape index (κ2) is 6.72. The molecule has 0 bridgehead atoms. The lowest BCUT2D eigenvalue weighted by Crippen LogP contribution is -2.29. The van der Waals surface area contributed by atoms with Gasteiger partial charge in [-0.05, 0) is 13.0 Å². The third kappa shape index (κ3) is 5.89. The number of alkyl halides is 3. The van der Waals surface area contributed by atoms with E-state index in [1.807, 2.05) is 0 Å². The number of amides is 1. The highest BCUT2D eigenvalue weighted by molar-refractivity contribution is 6.33. The molecule has 0 saturated carbocycles. The smallest absolute Gasteiger partial charge is 0.370 e. The summed E-state index contributed by atoms with van der Waals surface area (Å²) in [6.45, 7) is 0.107. The first-order valence-electron chi connectivity index (χ1n) is 5.34. The van der Waals surface area contributed by atoms with Gasteiger partial charge in [-0.3, -0.25) is 9.78 Å². The van der Waals surface area contributed by atoms with Crippen molar-refractivity contribution in [2.45, 2.75) is 13.1 Å². The maximum absolute atomic E-state index is 11.8. The van der Waals surface area contributed by atoms with Crippen LogP contribution in [0, 0.1) is 6.92 Å². The molecule has 0 aliphatic rings. The Morgan fingerprint density at radius 3 is 2.79 bits per heavy atom. The highest BCUT2D eigenvalue weighted by Crippen LogP contribution is 2.15. The molecule has 0 aliphatic carbocycles. The molecule has 4 nitrogen and oxygen atoms in total. The summed E-state index contributed by atoms with van der Waals surface area (Å²) in [6, 6.07) is 1.52. The number of nitrogens with one attached hydrogen (secondary N) is 1. The van der Waals surface area contributed by atoms with Gasteiger partial charge < -0.3 is 10.1 Å². The summed E-state index contributed by atoms with van der Waals surface area (Å²) in [6.07, 6.45) is -3.06. The van der Waals surface area contributed by atoms with Crippen LogP contribution in [0.5, 0.6) is 0 Å². The van der Waals surface area contributed by atoms with E-state index < -0.39 is 18.7 Å². The number of hydrogen-bond donors (Lipinski definition) is 1. The minimum Gasteiger partial charge on any atom is -0.370 e. The van der Waals surface area contributed by atoms with Crippen LogP contribution in [0.25, 0.3) is 0 Å². The van der Waals surface area contributed by atoms with Crippen LogP contribution in [0.1, 0.15) is 16.1 Å². The number of aryl methyl sites for hydroxylation is 1. The van der Waals surface area contributed by atoms with Gasteiger partial charge in [-0.1, -0.05) is 11.6 Å². The normalized spacial score (nSPS) is 11.4. The van der Waals surface area contributed by atoms with E-state index in [2.05, 4.69) is 15.0 Å². The standard InChI is InChI=1S/C11H12ClF3N2O2/c1-7-4-9(12)8(5-17-7)10(18)16-2-3-19-6-11(13,14)15/h4-5H,2-3,6H2,1H3,(H,16,18). The molecular formula is C11H12ClF3N2O2. The monoisotopic (exact) mass is 296 g/mol. The van der Waals surface area contributed by atoms with Crippen LogP contribution in [0.4, 0.5) is 13.2 Å². The Bertz CT molecular complexity index is 452. The van der Waals surface area contributed by atoms with Crippen LogP contribution < -0.4 is 5.32 Å². The Kier molecular flexibility index (Phi) is 5.56. The van der Waals surface area contributed by atoms with Gasteiger partial charge in [-0.2, -0.15) is 13.2 Å². The summed E-state index contributed by atoms with van der Waals surface area (Å²) in [7, 11) is 0. The molecule has 1 rings (SSSR count). The van der Waals surface area contributed by atoms with E-state index in [1.165, 1.54) is 12.3 Å². The molecule has 0 aromatic carbocycles. The van der Waals surface area contributed by atoms with Crippen molar-refractivity contribution in [3.05, 3.63) is 28.5 Å². The van der Waals surface area contributed by atoms with E-state index in [1.54, 1.807) is 6.92 Å². The molecular weight excluding hydrogens is 285 g/mol. The molecule has 0 aliphatic heterocycles. The lowest BCUT2D eigenvalue weighted by atomic mass is 10.2. The number of hydrogen-bond acceptors (Lipinski definition) is 3. The number of carbonyl (C=O) groups is 1. The zero-order valence-corrected chi connectivity index (χ0v) is 10.8. The van der Waals surface area contributed by atoms with Crippen LogP contribution >= 0.6 is 11.6 Å². The molecule has 1 aromatic rings. The number of ether oxygens (including phenoxy) is 1. The number of halogens is 4. The predicted molar refractivity (Wildman–Crippen MR) is 63.2 cm³/mol. The Balaban J connectivity index is 2.36. The first-order valence-corrected chi connectivity index (χ1v) is 5.72. The molecule has 1 aromatic heterocycles. The second-order valence-corrected chi connectivity index (χ2v) is 4.14. The zero-order chi connectivity index (χ0) is 14.5. The Labute approximate surface area is 112 Å². The summed E-state index contributed by atoms with van der Waals surface area (Å²) in [5.41, 5.74) is 0.832. The maximum Gasteiger partial charge on any atom is 0.411 e. The number of pyridine rings is 1. The topological polar surface area (TPSA) is 51.2 Å². The van der Waals surface area contributed by atoms with Crippen LogP contribution in [-0.2, 0) is 4.74 Å². The summed E-state index contributed by atoms with van der Waals surface area (Å²) >= 11 is 5.84. The molecule has 0 saturated heterocycles. The fourth-order valence-corrected chi connectivity index (χ4v) is 1.51. The van der Waals surface area contributed by atoms with Crippen LogP contribution in [-0.4, -0.2) is 36.8 Å². The molecule has 19 heavy (non-hydrogen) atoms. The van der Waals surface area contributed by atoms with Gasteiger partial charge in [0.15, 0.2) is 0 Å². The lowest BCUT2D eigenvalue weighted by molar-refractivity contribution is -0.173.